The van der Waals surface area contributed by atoms with E-state index in [0.29, 0.717) is 9.39 Å². The minimum Gasteiger partial charge on any atom is -0.350 e. The Morgan fingerprint density at radius 3 is 2.65 bits per heavy atom. The second-order valence-corrected chi connectivity index (χ2v) is 6.01. The summed E-state index contributed by atoms with van der Waals surface area (Å²) in [6.45, 7) is 7.40. The first kappa shape index (κ1) is 14.1. The van der Waals surface area contributed by atoms with Gasteiger partial charge >= 0.3 is 0 Å². The Balaban J connectivity index is 2.93. The molecule has 1 heterocycles. The smallest absolute Gasteiger partial charge is 0.267 e. The van der Waals surface area contributed by atoms with Crippen LogP contribution < -0.4 is 10.9 Å². The van der Waals surface area contributed by atoms with E-state index in [9.17, 15) is 9.59 Å². The zero-order valence-electron chi connectivity index (χ0n) is 10.4. The number of aryl methyl sites for hydroxylation is 1. The molecule has 0 spiro atoms. The fourth-order valence-corrected chi connectivity index (χ4v) is 1.77. The molecule has 17 heavy (non-hydrogen) atoms. The standard InChI is InChI=1S/C11H16IN3O2/c1-7-13-5-8(12)10(17)15(7)6-9(16)14-11(2,3)4/h5H,6H2,1-4H3,(H,14,16). The van der Waals surface area contributed by atoms with E-state index < -0.39 is 0 Å². The van der Waals surface area contributed by atoms with Gasteiger partial charge in [0.25, 0.3) is 5.56 Å². The Kier molecular flexibility index (Phi) is 4.29. The van der Waals surface area contributed by atoms with Gasteiger partial charge in [0.1, 0.15) is 12.4 Å². The van der Waals surface area contributed by atoms with Crippen molar-refractivity contribution in [2.45, 2.75) is 39.8 Å². The minimum absolute atomic E-state index is 0.00573. The van der Waals surface area contributed by atoms with Crippen LogP contribution >= 0.6 is 22.6 Å². The first-order valence-corrected chi connectivity index (χ1v) is 6.31. The molecule has 1 amide bonds. The third-order valence-corrected chi connectivity index (χ3v) is 2.76. The summed E-state index contributed by atoms with van der Waals surface area (Å²) in [6.07, 6.45) is 1.51. The first-order chi connectivity index (χ1) is 7.70. The lowest BCUT2D eigenvalue weighted by atomic mass is 10.1. The summed E-state index contributed by atoms with van der Waals surface area (Å²) in [4.78, 5) is 27.6. The lowest BCUT2D eigenvalue weighted by molar-refractivity contribution is -0.123. The van der Waals surface area contributed by atoms with Gasteiger partial charge in [-0.25, -0.2) is 4.98 Å². The molecule has 1 rings (SSSR count). The molecule has 94 valence electrons. The average molecular weight is 349 g/mol. The van der Waals surface area contributed by atoms with Crippen molar-refractivity contribution in [1.29, 1.82) is 0 Å². The molecular formula is C11H16IN3O2. The van der Waals surface area contributed by atoms with E-state index in [2.05, 4.69) is 10.3 Å². The van der Waals surface area contributed by atoms with Crippen LogP contribution in [-0.2, 0) is 11.3 Å². The molecule has 0 fully saturated rings. The Morgan fingerprint density at radius 1 is 1.53 bits per heavy atom. The number of halogens is 1. The van der Waals surface area contributed by atoms with Gasteiger partial charge in [-0.1, -0.05) is 0 Å². The Morgan fingerprint density at radius 2 is 2.12 bits per heavy atom. The van der Waals surface area contributed by atoms with Crippen LogP contribution in [0.2, 0.25) is 0 Å². The van der Waals surface area contributed by atoms with Crippen LogP contribution in [0.25, 0.3) is 0 Å². The molecule has 0 atom stereocenters. The maximum absolute atomic E-state index is 11.8. The molecule has 0 aromatic carbocycles. The largest absolute Gasteiger partial charge is 0.350 e. The number of carbonyl (C=O) groups excluding carboxylic acids is 1. The monoisotopic (exact) mass is 349 g/mol. The molecule has 5 nitrogen and oxygen atoms in total. The average Bonchev–Trinajstić information content (AvgIpc) is 2.16. The maximum atomic E-state index is 11.8. The number of hydrogen-bond acceptors (Lipinski definition) is 3. The fraction of sp³-hybridized carbons (Fsp3) is 0.545. The highest BCUT2D eigenvalue weighted by Gasteiger charge is 2.15. The summed E-state index contributed by atoms with van der Waals surface area (Å²) >= 11 is 1.91. The third-order valence-electron chi connectivity index (χ3n) is 2.02. The number of nitrogens with one attached hydrogen (secondary N) is 1. The van der Waals surface area contributed by atoms with Crippen LogP contribution in [-0.4, -0.2) is 21.0 Å². The minimum atomic E-state index is -0.302. The van der Waals surface area contributed by atoms with E-state index in [-0.39, 0.29) is 23.6 Å². The molecule has 1 aromatic rings. The second-order valence-electron chi connectivity index (χ2n) is 4.84. The Bertz CT molecular complexity index is 488. The van der Waals surface area contributed by atoms with Crippen LogP contribution in [0.4, 0.5) is 0 Å². The van der Waals surface area contributed by atoms with E-state index in [1.165, 1.54) is 10.8 Å². The van der Waals surface area contributed by atoms with E-state index in [1.807, 2.05) is 43.4 Å². The highest BCUT2D eigenvalue weighted by Crippen LogP contribution is 2.00. The molecule has 1 aromatic heterocycles. The molecule has 1 N–H and O–H groups in total. The Labute approximate surface area is 114 Å². The first-order valence-electron chi connectivity index (χ1n) is 5.23. The van der Waals surface area contributed by atoms with Crippen molar-refractivity contribution in [2.24, 2.45) is 0 Å². The summed E-state index contributed by atoms with van der Waals surface area (Å²) in [5.74, 6) is 0.353. The summed E-state index contributed by atoms with van der Waals surface area (Å²) in [5, 5.41) is 2.81. The van der Waals surface area contributed by atoms with Crippen LogP contribution in [0.3, 0.4) is 0 Å². The van der Waals surface area contributed by atoms with Gasteiger partial charge in [-0.05, 0) is 50.3 Å². The molecule has 0 aliphatic carbocycles. The van der Waals surface area contributed by atoms with Crippen molar-refractivity contribution in [3.8, 4) is 0 Å². The molecule has 0 unspecified atom stereocenters. The molecule has 0 radical (unpaired) electrons. The summed E-state index contributed by atoms with van der Waals surface area (Å²) in [6, 6.07) is 0. The SMILES string of the molecule is Cc1ncc(I)c(=O)n1CC(=O)NC(C)(C)C. The maximum Gasteiger partial charge on any atom is 0.267 e. The predicted octanol–water partition coefficient (Wildman–Crippen LogP) is 1.07. The van der Waals surface area contributed by atoms with Crippen molar-refractivity contribution in [1.82, 2.24) is 14.9 Å². The molecule has 6 heteroatoms. The number of nitrogens with zero attached hydrogens (tertiary/aromatic N) is 2. The van der Waals surface area contributed by atoms with Gasteiger partial charge in [-0.3, -0.25) is 14.2 Å². The molecule has 0 bridgehead atoms. The summed E-state index contributed by atoms with van der Waals surface area (Å²) in [5.41, 5.74) is -0.480. The number of carbonyl (C=O) groups is 1. The summed E-state index contributed by atoms with van der Waals surface area (Å²) < 4.78 is 1.89. The van der Waals surface area contributed by atoms with E-state index in [4.69, 9.17) is 0 Å². The third kappa shape index (κ3) is 4.10. The van der Waals surface area contributed by atoms with Gasteiger partial charge in [0.2, 0.25) is 5.91 Å². The Hall–Kier alpha value is -0.920. The summed E-state index contributed by atoms with van der Waals surface area (Å²) in [7, 11) is 0. The quantitative estimate of drug-likeness (QED) is 0.813. The van der Waals surface area contributed by atoms with Crippen molar-refractivity contribution >= 4 is 28.5 Å². The molecule has 0 aliphatic heterocycles. The number of amides is 1. The van der Waals surface area contributed by atoms with Crippen molar-refractivity contribution in [3.05, 3.63) is 25.9 Å². The number of hydrogen-bond donors (Lipinski definition) is 1. The predicted molar refractivity (Wildman–Crippen MR) is 73.8 cm³/mol. The molecule has 0 saturated heterocycles. The highest BCUT2D eigenvalue weighted by molar-refractivity contribution is 14.1. The normalized spacial score (nSPS) is 11.4. The van der Waals surface area contributed by atoms with Crippen LogP contribution in [0.1, 0.15) is 26.6 Å². The van der Waals surface area contributed by atoms with E-state index in [1.54, 1.807) is 6.92 Å². The van der Waals surface area contributed by atoms with Crippen LogP contribution in [0.5, 0.6) is 0 Å². The fourth-order valence-electron chi connectivity index (χ4n) is 1.34. The van der Waals surface area contributed by atoms with Gasteiger partial charge < -0.3 is 5.32 Å². The highest BCUT2D eigenvalue weighted by atomic mass is 127. The van der Waals surface area contributed by atoms with Crippen molar-refractivity contribution < 1.29 is 4.79 Å². The van der Waals surface area contributed by atoms with Gasteiger partial charge in [-0.15, -0.1) is 0 Å². The lowest BCUT2D eigenvalue weighted by Crippen LogP contribution is -2.44. The van der Waals surface area contributed by atoms with Gasteiger partial charge in [-0.2, -0.15) is 0 Å². The van der Waals surface area contributed by atoms with Crippen LogP contribution in [0.15, 0.2) is 11.0 Å². The van der Waals surface area contributed by atoms with E-state index in [0.717, 1.165) is 0 Å². The van der Waals surface area contributed by atoms with Gasteiger partial charge in [0.15, 0.2) is 0 Å². The zero-order chi connectivity index (χ0) is 13.2. The zero-order valence-corrected chi connectivity index (χ0v) is 12.5. The van der Waals surface area contributed by atoms with E-state index >= 15 is 0 Å². The van der Waals surface area contributed by atoms with Gasteiger partial charge in [0, 0.05) is 11.7 Å². The molecular weight excluding hydrogens is 333 g/mol. The lowest BCUT2D eigenvalue weighted by Gasteiger charge is -2.21. The van der Waals surface area contributed by atoms with Crippen molar-refractivity contribution in [3.63, 3.8) is 0 Å². The van der Waals surface area contributed by atoms with Crippen molar-refractivity contribution in [2.75, 3.05) is 0 Å². The second kappa shape index (κ2) is 5.16. The molecule has 0 saturated carbocycles. The van der Waals surface area contributed by atoms with Crippen LogP contribution in [0, 0.1) is 10.5 Å². The topological polar surface area (TPSA) is 64.0 Å². The molecule has 0 aliphatic rings. The number of aromatic nitrogens is 2. The van der Waals surface area contributed by atoms with Gasteiger partial charge in [0.05, 0.1) is 3.57 Å². The number of rotatable bonds is 2.